The molecule has 0 N–H and O–H groups in total. The summed E-state index contributed by atoms with van der Waals surface area (Å²) in [5.74, 6) is 2.60. The van der Waals surface area contributed by atoms with Crippen LogP contribution in [0.3, 0.4) is 0 Å². The first-order valence-corrected chi connectivity index (χ1v) is 12.2. The van der Waals surface area contributed by atoms with Crippen LogP contribution in [0, 0.1) is 0 Å². The van der Waals surface area contributed by atoms with Gasteiger partial charge in [0.25, 0.3) is 0 Å². The lowest BCUT2D eigenvalue weighted by atomic mass is 9.82. The summed E-state index contributed by atoms with van der Waals surface area (Å²) in [6.07, 6.45) is 10.4. The van der Waals surface area contributed by atoms with Crippen molar-refractivity contribution in [2.75, 3.05) is 0 Å². The second-order valence-electron chi connectivity index (χ2n) is 10.2. The fourth-order valence-electron chi connectivity index (χ4n) is 4.58. The van der Waals surface area contributed by atoms with Crippen molar-refractivity contribution in [1.29, 1.82) is 0 Å². The molecule has 0 heterocycles. The molecule has 0 bridgehead atoms. The number of allylic oxidation sites excluding steroid dienone is 3. The second kappa shape index (κ2) is 11.5. The van der Waals surface area contributed by atoms with Crippen molar-refractivity contribution in [3.05, 3.63) is 88.0 Å². The first-order chi connectivity index (χ1) is 14.6. The van der Waals surface area contributed by atoms with Crippen LogP contribution in [-0.2, 0) is 0 Å². The largest absolute Gasteiger partial charge is 0.0841 e. The highest BCUT2D eigenvalue weighted by atomic mass is 14.2. The lowest BCUT2D eigenvalue weighted by Gasteiger charge is -2.22. The van der Waals surface area contributed by atoms with E-state index in [4.69, 9.17) is 0 Å². The summed E-state index contributed by atoms with van der Waals surface area (Å²) < 4.78 is 0. The topological polar surface area (TPSA) is 0 Å². The molecule has 0 heteroatoms. The van der Waals surface area contributed by atoms with Gasteiger partial charge in [-0.1, -0.05) is 123 Å². The van der Waals surface area contributed by atoms with E-state index < -0.39 is 0 Å². The van der Waals surface area contributed by atoms with Crippen LogP contribution in [0.15, 0.2) is 54.6 Å². The van der Waals surface area contributed by atoms with Gasteiger partial charge in [0.1, 0.15) is 0 Å². The lowest BCUT2D eigenvalue weighted by molar-refractivity contribution is 0.776. The standard InChI is InChI=1S/C31H44/c1-21(2)26-17-13-18-27(22(3)4)30(26)16-12-10-11-15-25(9)31-28(23(5)6)19-14-20-29(31)24(7)8/h11-25H,10H2,1-9H3/b15-11-,16-12?. The fraction of sp³-hybridized carbons (Fsp3) is 0.484. The third-order valence-electron chi connectivity index (χ3n) is 6.27. The van der Waals surface area contributed by atoms with Crippen molar-refractivity contribution in [2.45, 2.75) is 98.3 Å². The predicted molar refractivity (Wildman–Crippen MR) is 140 cm³/mol. The highest BCUT2D eigenvalue weighted by molar-refractivity contribution is 5.60. The van der Waals surface area contributed by atoms with Gasteiger partial charge in [-0.3, -0.25) is 0 Å². The molecular formula is C31H44. The molecule has 0 aliphatic heterocycles. The molecule has 2 aromatic rings. The molecule has 0 radical (unpaired) electrons. The van der Waals surface area contributed by atoms with Crippen molar-refractivity contribution >= 4 is 6.08 Å². The van der Waals surface area contributed by atoms with Gasteiger partial charge in [0.05, 0.1) is 0 Å². The molecular weight excluding hydrogens is 372 g/mol. The molecule has 1 atom stereocenters. The molecule has 1 unspecified atom stereocenters. The molecule has 0 saturated heterocycles. The Kier molecular flexibility index (Phi) is 9.35. The Morgan fingerprint density at radius 2 is 1.00 bits per heavy atom. The van der Waals surface area contributed by atoms with Crippen LogP contribution in [0.25, 0.3) is 6.08 Å². The summed E-state index contributed by atoms with van der Waals surface area (Å²) in [6.45, 7) is 20.7. The van der Waals surface area contributed by atoms with Gasteiger partial charge in [-0.25, -0.2) is 0 Å². The average molecular weight is 417 g/mol. The maximum atomic E-state index is 2.40. The SMILES string of the molecule is CC(C)c1cccc(C(C)C)c1C=CC/C=C\C(C)c1c(C(C)C)cccc1C(C)C. The van der Waals surface area contributed by atoms with E-state index in [0.29, 0.717) is 29.6 Å². The van der Waals surface area contributed by atoms with Crippen LogP contribution in [0.5, 0.6) is 0 Å². The summed E-state index contributed by atoms with van der Waals surface area (Å²) in [5, 5.41) is 0. The van der Waals surface area contributed by atoms with Crippen molar-refractivity contribution in [1.82, 2.24) is 0 Å². The summed E-state index contributed by atoms with van der Waals surface area (Å²) in [4.78, 5) is 0. The zero-order valence-electron chi connectivity index (χ0n) is 21.4. The maximum Gasteiger partial charge on any atom is -0.000467 e. The Bertz CT molecular complexity index is 838. The molecule has 0 nitrogen and oxygen atoms in total. The summed E-state index contributed by atoms with van der Waals surface area (Å²) >= 11 is 0. The minimum absolute atomic E-state index is 0.429. The van der Waals surface area contributed by atoms with Gasteiger partial charge in [0.2, 0.25) is 0 Å². The third-order valence-corrected chi connectivity index (χ3v) is 6.27. The Balaban J connectivity index is 2.23. The fourth-order valence-corrected chi connectivity index (χ4v) is 4.58. The van der Waals surface area contributed by atoms with Crippen LogP contribution < -0.4 is 0 Å². The third kappa shape index (κ3) is 6.45. The normalized spacial score (nSPS) is 13.6. The number of hydrogen-bond donors (Lipinski definition) is 0. The van der Waals surface area contributed by atoms with Gasteiger partial charge >= 0.3 is 0 Å². The molecule has 0 fully saturated rings. The first-order valence-electron chi connectivity index (χ1n) is 12.2. The highest BCUT2D eigenvalue weighted by Crippen LogP contribution is 2.34. The molecule has 0 amide bonds. The van der Waals surface area contributed by atoms with E-state index in [9.17, 15) is 0 Å². The maximum absolute atomic E-state index is 2.40. The molecule has 168 valence electrons. The monoisotopic (exact) mass is 416 g/mol. The van der Waals surface area contributed by atoms with Crippen molar-refractivity contribution < 1.29 is 0 Å². The van der Waals surface area contributed by atoms with E-state index in [1.807, 2.05) is 0 Å². The smallest absolute Gasteiger partial charge is 0.000467 e. The van der Waals surface area contributed by atoms with Gasteiger partial charge in [-0.05, 0) is 69.4 Å². The molecule has 2 rings (SSSR count). The minimum Gasteiger partial charge on any atom is -0.0841 e. The number of benzene rings is 2. The molecule has 2 aromatic carbocycles. The number of hydrogen-bond acceptors (Lipinski definition) is 0. The summed E-state index contributed by atoms with van der Waals surface area (Å²) in [7, 11) is 0. The summed E-state index contributed by atoms with van der Waals surface area (Å²) in [6, 6.07) is 13.6. The van der Waals surface area contributed by atoms with E-state index in [1.54, 1.807) is 0 Å². The minimum atomic E-state index is 0.429. The Hall–Kier alpha value is -2.08. The Morgan fingerprint density at radius 3 is 1.42 bits per heavy atom. The van der Waals surface area contributed by atoms with Crippen molar-refractivity contribution in [3.63, 3.8) is 0 Å². The van der Waals surface area contributed by atoms with Crippen LogP contribution in [0.4, 0.5) is 0 Å². The molecule has 0 saturated carbocycles. The zero-order chi connectivity index (χ0) is 23.1. The van der Waals surface area contributed by atoms with E-state index in [2.05, 4.69) is 123 Å². The van der Waals surface area contributed by atoms with Gasteiger partial charge in [-0.2, -0.15) is 0 Å². The van der Waals surface area contributed by atoms with Crippen LogP contribution in [0.2, 0.25) is 0 Å². The van der Waals surface area contributed by atoms with Crippen molar-refractivity contribution in [3.8, 4) is 0 Å². The van der Waals surface area contributed by atoms with Crippen LogP contribution >= 0.6 is 0 Å². The van der Waals surface area contributed by atoms with E-state index >= 15 is 0 Å². The quantitative estimate of drug-likeness (QED) is 0.357. The van der Waals surface area contributed by atoms with E-state index in [0.717, 1.165) is 6.42 Å². The zero-order valence-corrected chi connectivity index (χ0v) is 21.4. The first kappa shape index (κ1) is 25.2. The Morgan fingerprint density at radius 1 is 0.581 bits per heavy atom. The van der Waals surface area contributed by atoms with Gasteiger partial charge in [-0.15, -0.1) is 0 Å². The lowest BCUT2D eigenvalue weighted by Crippen LogP contribution is -2.05. The molecule has 0 aliphatic carbocycles. The molecule has 0 aliphatic rings. The van der Waals surface area contributed by atoms with E-state index in [1.165, 1.54) is 33.4 Å². The van der Waals surface area contributed by atoms with Gasteiger partial charge < -0.3 is 0 Å². The van der Waals surface area contributed by atoms with Crippen molar-refractivity contribution in [2.24, 2.45) is 0 Å². The summed E-state index contributed by atoms with van der Waals surface area (Å²) in [5.41, 5.74) is 8.83. The van der Waals surface area contributed by atoms with Crippen LogP contribution in [0.1, 0.15) is 132 Å². The molecule has 0 aromatic heterocycles. The predicted octanol–water partition coefficient (Wildman–Crippen LogP) is 9.94. The Labute approximate surface area is 192 Å². The molecule has 31 heavy (non-hydrogen) atoms. The average Bonchev–Trinajstić information content (AvgIpc) is 2.72. The van der Waals surface area contributed by atoms with Crippen LogP contribution in [-0.4, -0.2) is 0 Å². The molecule has 0 spiro atoms. The number of rotatable bonds is 9. The second-order valence-corrected chi connectivity index (χ2v) is 10.2. The van der Waals surface area contributed by atoms with E-state index in [-0.39, 0.29) is 0 Å². The highest BCUT2D eigenvalue weighted by Gasteiger charge is 2.17. The van der Waals surface area contributed by atoms with Gasteiger partial charge in [0.15, 0.2) is 0 Å². The van der Waals surface area contributed by atoms with Gasteiger partial charge in [0, 0.05) is 0 Å².